The number of rotatable bonds is 7. The number of urea groups is 1. The molecule has 5 nitrogen and oxygen atoms in total. The first-order chi connectivity index (χ1) is 12.6. The van der Waals surface area contributed by atoms with E-state index in [4.69, 9.17) is 11.6 Å². The van der Waals surface area contributed by atoms with Gasteiger partial charge in [0.1, 0.15) is 6.54 Å². The van der Waals surface area contributed by atoms with Crippen LogP contribution in [0, 0.1) is 0 Å². The summed E-state index contributed by atoms with van der Waals surface area (Å²) in [6, 6.07) is 17.4. The number of amides is 3. The molecule has 0 radical (unpaired) electrons. The van der Waals surface area contributed by atoms with E-state index in [1.165, 1.54) is 5.56 Å². The largest absolute Gasteiger partial charge is 0.354 e. The molecule has 3 rings (SSSR count). The van der Waals surface area contributed by atoms with Gasteiger partial charge in [-0.1, -0.05) is 54.1 Å². The van der Waals surface area contributed by atoms with Crippen LogP contribution in [0.2, 0.25) is 5.02 Å². The Balaban J connectivity index is 1.43. The molecule has 0 bridgehead atoms. The molecule has 0 saturated carbocycles. The summed E-state index contributed by atoms with van der Waals surface area (Å²) >= 11 is 5.99. The number of nitrogens with one attached hydrogen (secondary N) is 1. The zero-order valence-corrected chi connectivity index (χ0v) is 15.3. The summed E-state index contributed by atoms with van der Waals surface area (Å²) in [5.41, 5.74) is 2.16. The lowest BCUT2D eigenvalue weighted by Crippen LogP contribution is -2.40. The van der Waals surface area contributed by atoms with Crippen LogP contribution in [-0.4, -0.2) is 47.9 Å². The van der Waals surface area contributed by atoms with Gasteiger partial charge < -0.3 is 15.1 Å². The predicted molar refractivity (Wildman–Crippen MR) is 102 cm³/mol. The SMILES string of the molecule is O=C(CN1CCN(Cc2cccc(Cl)c2)C1=O)NCCc1ccccc1. The van der Waals surface area contributed by atoms with E-state index in [9.17, 15) is 9.59 Å². The van der Waals surface area contributed by atoms with E-state index in [2.05, 4.69) is 5.32 Å². The lowest BCUT2D eigenvalue weighted by molar-refractivity contribution is -0.121. The van der Waals surface area contributed by atoms with Crippen molar-refractivity contribution in [3.63, 3.8) is 0 Å². The molecule has 1 heterocycles. The molecular formula is C20H22ClN3O2. The molecule has 0 spiro atoms. The van der Waals surface area contributed by atoms with Gasteiger partial charge in [0.25, 0.3) is 0 Å². The van der Waals surface area contributed by atoms with E-state index < -0.39 is 0 Å². The second-order valence-corrected chi connectivity index (χ2v) is 6.78. The van der Waals surface area contributed by atoms with E-state index in [0.29, 0.717) is 31.2 Å². The maximum absolute atomic E-state index is 12.5. The highest BCUT2D eigenvalue weighted by Gasteiger charge is 2.29. The summed E-state index contributed by atoms with van der Waals surface area (Å²) in [5.74, 6) is -0.126. The van der Waals surface area contributed by atoms with Gasteiger partial charge in [-0.05, 0) is 29.7 Å². The van der Waals surface area contributed by atoms with Crippen molar-refractivity contribution in [2.24, 2.45) is 0 Å². The minimum Gasteiger partial charge on any atom is -0.354 e. The average molecular weight is 372 g/mol. The number of hydrogen-bond acceptors (Lipinski definition) is 2. The molecule has 0 aromatic heterocycles. The van der Waals surface area contributed by atoms with Crippen molar-refractivity contribution < 1.29 is 9.59 Å². The topological polar surface area (TPSA) is 52.7 Å². The molecule has 1 saturated heterocycles. The van der Waals surface area contributed by atoms with Crippen LogP contribution in [0.1, 0.15) is 11.1 Å². The molecule has 136 valence electrons. The maximum atomic E-state index is 12.5. The van der Waals surface area contributed by atoms with Gasteiger partial charge in [0, 0.05) is 31.2 Å². The molecule has 1 N–H and O–H groups in total. The van der Waals surface area contributed by atoms with Gasteiger partial charge in [0.15, 0.2) is 0 Å². The van der Waals surface area contributed by atoms with Crippen molar-refractivity contribution in [3.05, 3.63) is 70.7 Å². The van der Waals surface area contributed by atoms with Crippen LogP contribution < -0.4 is 5.32 Å². The van der Waals surface area contributed by atoms with E-state index in [1.54, 1.807) is 9.80 Å². The van der Waals surface area contributed by atoms with E-state index in [0.717, 1.165) is 12.0 Å². The predicted octanol–water partition coefficient (Wildman–Crippen LogP) is 2.94. The number of hydrogen-bond donors (Lipinski definition) is 1. The van der Waals surface area contributed by atoms with E-state index >= 15 is 0 Å². The Kier molecular flexibility index (Phi) is 6.12. The summed E-state index contributed by atoms with van der Waals surface area (Å²) < 4.78 is 0. The fourth-order valence-corrected chi connectivity index (χ4v) is 3.21. The molecule has 2 aromatic rings. The molecule has 0 atom stereocenters. The van der Waals surface area contributed by atoms with Crippen molar-refractivity contribution in [3.8, 4) is 0 Å². The zero-order valence-electron chi connectivity index (χ0n) is 14.5. The molecule has 2 aromatic carbocycles. The summed E-state index contributed by atoms with van der Waals surface area (Å²) in [4.78, 5) is 27.9. The van der Waals surface area contributed by atoms with Gasteiger partial charge >= 0.3 is 6.03 Å². The first kappa shape index (κ1) is 18.3. The minimum absolute atomic E-state index is 0.0969. The fourth-order valence-electron chi connectivity index (χ4n) is 3.00. The van der Waals surface area contributed by atoms with Crippen LogP contribution in [0.5, 0.6) is 0 Å². The van der Waals surface area contributed by atoms with Crippen molar-refractivity contribution in [2.45, 2.75) is 13.0 Å². The highest BCUT2D eigenvalue weighted by Crippen LogP contribution is 2.16. The highest BCUT2D eigenvalue weighted by molar-refractivity contribution is 6.30. The van der Waals surface area contributed by atoms with E-state index in [-0.39, 0.29) is 18.5 Å². The number of nitrogens with zero attached hydrogens (tertiary/aromatic N) is 2. The summed E-state index contributed by atoms with van der Waals surface area (Å²) in [5, 5.41) is 3.54. The van der Waals surface area contributed by atoms with Crippen LogP contribution in [0.3, 0.4) is 0 Å². The van der Waals surface area contributed by atoms with Crippen molar-refractivity contribution in [2.75, 3.05) is 26.2 Å². The zero-order chi connectivity index (χ0) is 18.4. The Hall–Kier alpha value is -2.53. The van der Waals surface area contributed by atoms with Gasteiger partial charge in [0.2, 0.25) is 5.91 Å². The van der Waals surface area contributed by atoms with Crippen LogP contribution in [0.15, 0.2) is 54.6 Å². The second-order valence-electron chi connectivity index (χ2n) is 6.34. The average Bonchev–Trinajstić information content (AvgIpc) is 2.96. The summed E-state index contributed by atoms with van der Waals surface area (Å²) in [6.07, 6.45) is 0.779. The molecule has 1 aliphatic rings. The fraction of sp³-hybridized carbons (Fsp3) is 0.300. The lowest BCUT2D eigenvalue weighted by Gasteiger charge is -2.18. The lowest BCUT2D eigenvalue weighted by atomic mass is 10.1. The van der Waals surface area contributed by atoms with Crippen LogP contribution in [0.4, 0.5) is 4.79 Å². The molecule has 6 heteroatoms. The summed E-state index contributed by atoms with van der Waals surface area (Å²) in [6.45, 7) is 2.34. The van der Waals surface area contributed by atoms with Crippen molar-refractivity contribution in [1.82, 2.24) is 15.1 Å². The van der Waals surface area contributed by atoms with Crippen LogP contribution in [-0.2, 0) is 17.8 Å². The first-order valence-corrected chi connectivity index (χ1v) is 9.08. The Morgan fingerprint density at radius 1 is 1.00 bits per heavy atom. The number of halogens is 1. The second kappa shape index (κ2) is 8.72. The third-order valence-electron chi connectivity index (χ3n) is 4.36. The smallest absolute Gasteiger partial charge is 0.320 e. The Labute approximate surface area is 158 Å². The number of carbonyl (C=O) groups excluding carboxylic acids is 2. The summed E-state index contributed by atoms with van der Waals surface area (Å²) in [7, 11) is 0. The third-order valence-corrected chi connectivity index (χ3v) is 4.59. The number of benzene rings is 2. The quantitative estimate of drug-likeness (QED) is 0.813. The normalized spacial score (nSPS) is 14.0. The molecular weight excluding hydrogens is 350 g/mol. The Morgan fingerprint density at radius 3 is 2.50 bits per heavy atom. The van der Waals surface area contributed by atoms with Crippen LogP contribution >= 0.6 is 11.6 Å². The molecule has 1 aliphatic heterocycles. The molecule has 26 heavy (non-hydrogen) atoms. The third kappa shape index (κ3) is 4.99. The van der Waals surface area contributed by atoms with Crippen LogP contribution in [0.25, 0.3) is 0 Å². The van der Waals surface area contributed by atoms with Gasteiger partial charge in [-0.3, -0.25) is 4.79 Å². The van der Waals surface area contributed by atoms with Gasteiger partial charge in [-0.2, -0.15) is 0 Å². The maximum Gasteiger partial charge on any atom is 0.320 e. The monoisotopic (exact) mass is 371 g/mol. The Morgan fingerprint density at radius 2 is 1.73 bits per heavy atom. The molecule has 0 unspecified atom stereocenters. The molecule has 1 fully saturated rings. The number of carbonyl (C=O) groups is 2. The van der Waals surface area contributed by atoms with E-state index in [1.807, 2.05) is 54.6 Å². The Bertz CT molecular complexity index is 767. The van der Waals surface area contributed by atoms with Crippen molar-refractivity contribution >= 4 is 23.5 Å². The first-order valence-electron chi connectivity index (χ1n) is 8.71. The molecule has 0 aliphatic carbocycles. The highest BCUT2D eigenvalue weighted by atomic mass is 35.5. The van der Waals surface area contributed by atoms with Gasteiger partial charge in [-0.15, -0.1) is 0 Å². The van der Waals surface area contributed by atoms with Crippen molar-refractivity contribution in [1.29, 1.82) is 0 Å². The minimum atomic E-state index is -0.126. The standard InChI is InChI=1S/C20H22ClN3O2/c21-18-8-4-7-17(13-18)14-23-11-12-24(20(23)26)15-19(25)22-10-9-16-5-2-1-3-6-16/h1-8,13H,9-12,14-15H2,(H,22,25). The molecule has 3 amide bonds. The van der Waals surface area contributed by atoms with Gasteiger partial charge in [0.05, 0.1) is 0 Å². The van der Waals surface area contributed by atoms with Gasteiger partial charge in [-0.25, -0.2) is 4.79 Å².